The number of benzene rings is 1. The van der Waals surface area contributed by atoms with Gasteiger partial charge in [0.15, 0.2) is 0 Å². The molecule has 1 N–H and O–H groups in total. The minimum atomic E-state index is -0.152. The average Bonchev–Trinajstić information content (AvgIpc) is 2.60. The van der Waals surface area contributed by atoms with Crippen molar-refractivity contribution in [3.8, 4) is 0 Å². The van der Waals surface area contributed by atoms with E-state index in [-0.39, 0.29) is 16.9 Å². The number of fused-ring (bicyclic) bond motifs is 1. The van der Waals surface area contributed by atoms with Gasteiger partial charge in [0.25, 0.3) is 5.56 Å². The van der Waals surface area contributed by atoms with Gasteiger partial charge in [0, 0.05) is 7.05 Å². The zero-order valence-electron chi connectivity index (χ0n) is 15.2. The number of para-hydroxylation sites is 1. The predicted molar refractivity (Wildman–Crippen MR) is 99.4 cm³/mol. The van der Waals surface area contributed by atoms with Crippen LogP contribution in [0.1, 0.15) is 44.3 Å². The summed E-state index contributed by atoms with van der Waals surface area (Å²) in [5.74, 6) is 3.06. The van der Waals surface area contributed by atoms with Crippen molar-refractivity contribution < 1.29 is 4.79 Å². The Labute approximate surface area is 152 Å². The first-order chi connectivity index (χ1) is 12.5. The third-order valence-electron chi connectivity index (χ3n) is 6.89. The molecule has 26 heavy (non-hydrogen) atoms. The Morgan fingerprint density at radius 3 is 2.42 bits per heavy atom. The van der Waals surface area contributed by atoms with Crippen LogP contribution in [0.25, 0.3) is 10.9 Å². The predicted octanol–water partition coefficient (Wildman–Crippen LogP) is 3.10. The van der Waals surface area contributed by atoms with Crippen molar-refractivity contribution >= 4 is 16.8 Å². The normalized spacial score (nSPS) is 32.1. The first-order valence-corrected chi connectivity index (χ1v) is 9.76. The Kier molecular flexibility index (Phi) is 3.49. The number of amides is 1. The maximum atomic E-state index is 13.4. The van der Waals surface area contributed by atoms with E-state index in [2.05, 4.69) is 9.97 Å². The van der Waals surface area contributed by atoms with Gasteiger partial charge < -0.3 is 9.88 Å². The van der Waals surface area contributed by atoms with Gasteiger partial charge in [-0.15, -0.1) is 0 Å². The van der Waals surface area contributed by atoms with Gasteiger partial charge in [-0.2, -0.15) is 0 Å². The number of nitrogens with one attached hydrogen (secondary N) is 1. The van der Waals surface area contributed by atoms with Crippen molar-refractivity contribution in [2.24, 2.45) is 23.2 Å². The summed E-state index contributed by atoms with van der Waals surface area (Å²) in [6, 6.07) is 7.33. The largest absolute Gasteiger partial charge is 0.338 e. The molecule has 4 bridgehead atoms. The second-order valence-corrected chi connectivity index (χ2v) is 8.89. The van der Waals surface area contributed by atoms with E-state index in [4.69, 9.17) is 0 Å². The molecule has 4 saturated carbocycles. The number of carbonyl (C=O) groups excluding carboxylic acids is 1. The topological polar surface area (TPSA) is 66.1 Å². The highest BCUT2D eigenvalue weighted by Gasteiger charge is 2.55. The highest BCUT2D eigenvalue weighted by molar-refractivity contribution is 5.83. The van der Waals surface area contributed by atoms with E-state index >= 15 is 0 Å². The van der Waals surface area contributed by atoms with Crippen molar-refractivity contribution in [1.29, 1.82) is 0 Å². The lowest BCUT2D eigenvalue weighted by Gasteiger charge is -2.56. The molecule has 1 aromatic carbocycles. The number of hydrogen-bond acceptors (Lipinski definition) is 3. The molecule has 2 aromatic rings. The third-order valence-corrected chi connectivity index (χ3v) is 6.89. The van der Waals surface area contributed by atoms with Gasteiger partial charge in [-0.05, 0) is 68.4 Å². The lowest BCUT2D eigenvalue weighted by atomic mass is 9.49. The molecule has 6 rings (SSSR count). The summed E-state index contributed by atoms with van der Waals surface area (Å²) >= 11 is 0. The molecule has 5 nitrogen and oxygen atoms in total. The van der Waals surface area contributed by atoms with Crippen molar-refractivity contribution in [3.63, 3.8) is 0 Å². The third kappa shape index (κ3) is 2.48. The van der Waals surface area contributed by atoms with Gasteiger partial charge in [-0.3, -0.25) is 9.59 Å². The molecule has 0 radical (unpaired) electrons. The first-order valence-electron chi connectivity index (χ1n) is 9.76. The highest BCUT2D eigenvalue weighted by atomic mass is 16.2. The number of H-pyrrole nitrogens is 1. The highest BCUT2D eigenvalue weighted by Crippen LogP contribution is 2.60. The Bertz CT molecular complexity index is 897. The molecule has 4 aliphatic carbocycles. The summed E-state index contributed by atoms with van der Waals surface area (Å²) in [5.41, 5.74) is 0.392. The van der Waals surface area contributed by atoms with Gasteiger partial charge in [0.2, 0.25) is 5.91 Å². The smallest absolute Gasteiger partial charge is 0.258 e. The van der Waals surface area contributed by atoms with Gasteiger partial charge in [-0.1, -0.05) is 12.1 Å². The Morgan fingerprint density at radius 2 is 1.77 bits per heavy atom. The maximum Gasteiger partial charge on any atom is 0.258 e. The minimum Gasteiger partial charge on any atom is -0.338 e. The SMILES string of the molecule is CN(Cc1nc2ccccc2c(=O)[nH]1)C(=O)C12CC3CC(CC(C3)C1)C2. The monoisotopic (exact) mass is 351 g/mol. The fraction of sp³-hybridized carbons (Fsp3) is 0.571. The summed E-state index contributed by atoms with van der Waals surface area (Å²) in [5, 5.41) is 0.589. The number of carbonyl (C=O) groups is 1. The second-order valence-electron chi connectivity index (χ2n) is 8.89. The molecule has 0 spiro atoms. The zero-order valence-corrected chi connectivity index (χ0v) is 15.2. The number of aromatic nitrogens is 2. The van der Waals surface area contributed by atoms with Crippen LogP contribution < -0.4 is 5.56 Å². The number of rotatable bonds is 3. The van der Waals surface area contributed by atoms with Gasteiger partial charge in [-0.25, -0.2) is 4.98 Å². The maximum absolute atomic E-state index is 13.4. The van der Waals surface area contributed by atoms with E-state index in [0.717, 1.165) is 37.0 Å². The summed E-state index contributed by atoms with van der Waals surface area (Å²) < 4.78 is 0. The van der Waals surface area contributed by atoms with Gasteiger partial charge >= 0.3 is 0 Å². The lowest BCUT2D eigenvalue weighted by molar-refractivity contribution is -0.156. The van der Waals surface area contributed by atoms with Crippen molar-refractivity contribution in [1.82, 2.24) is 14.9 Å². The van der Waals surface area contributed by atoms with Gasteiger partial charge in [0.05, 0.1) is 22.9 Å². The second kappa shape index (κ2) is 5.66. The summed E-state index contributed by atoms with van der Waals surface area (Å²) in [7, 11) is 1.86. The Hall–Kier alpha value is -2.17. The summed E-state index contributed by atoms with van der Waals surface area (Å²) in [4.78, 5) is 34.8. The summed E-state index contributed by atoms with van der Waals surface area (Å²) in [6.07, 6.45) is 7.17. The molecule has 1 aromatic heterocycles. The fourth-order valence-electron chi connectivity index (χ4n) is 6.28. The number of hydrogen-bond donors (Lipinski definition) is 1. The molecular formula is C21H25N3O2. The number of nitrogens with zero attached hydrogens (tertiary/aromatic N) is 2. The molecule has 0 atom stereocenters. The molecule has 0 unspecified atom stereocenters. The van der Waals surface area contributed by atoms with Crippen LogP contribution in [0.5, 0.6) is 0 Å². The molecule has 0 aliphatic heterocycles. The summed E-state index contributed by atoms with van der Waals surface area (Å²) in [6.45, 7) is 0.362. The fourth-order valence-corrected chi connectivity index (χ4v) is 6.28. The van der Waals surface area contributed by atoms with Crippen LogP contribution >= 0.6 is 0 Å². The van der Waals surface area contributed by atoms with E-state index in [1.165, 1.54) is 19.3 Å². The molecule has 136 valence electrons. The average molecular weight is 351 g/mol. The van der Waals surface area contributed by atoms with Crippen LogP contribution in [0.15, 0.2) is 29.1 Å². The molecular weight excluding hydrogens is 326 g/mol. The van der Waals surface area contributed by atoms with Crippen molar-refractivity contribution in [2.45, 2.75) is 45.1 Å². The molecule has 1 amide bonds. The number of aromatic amines is 1. The Morgan fingerprint density at radius 1 is 1.15 bits per heavy atom. The van der Waals surface area contributed by atoms with Crippen molar-refractivity contribution in [3.05, 3.63) is 40.4 Å². The van der Waals surface area contributed by atoms with Crippen LogP contribution in [0.2, 0.25) is 0 Å². The van der Waals surface area contributed by atoms with Crippen molar-refractivity contribution in [2.75, 3.05) is 7.05 Å². The van der Waals surface area contributed by atoms with Crippen LogP contribution in [-0.2, 0) is 11.3 Å². The molecule has 5 heteroatoms. The Balaban J connectivity index is 1.40. The standard InChI is InChI=1S/C21H25N3O2/c1-24(12-18-22-17-5-3-2-4-16(17)19(25)23-18)20(26)21-9-13-6-14(10-21)8-15(7-13)11-21/h2-5,13-15H,6-12H2,1H3,(H,22,23,25). The van der Waals surface area contributed by atoms with Crippen LogP contribution in [-0.4, -0.2) is 27.8 Å². The molecule has 4 aliphatic rings. The molecule has 1 heterocycles. The van der Waals surface area contributed by atoms with E-state index in [1.54, 1.807) is 11.0 Å². The van der Waals surface area contributed by atoms with E-state index in [1.807, 2.05) is 25.2 Å². The van der Waals surface area contributed by atoms with Gasteiger partial charge in [0.1, 0.15) is 5.82 Å². The van der Waals surface area contributed by atoms with Crippen LogP contribution in [0.3, 0.4) is 0 Å². The molecule has 0 saturated heterocycles. The first kappa shape index (κ1) is 16.0. The minimum absolute atomic E-state index is 0.138. The van der Waals surface area contributed by atoms with E-state index in [0.29, 0.717) is 23.3 Å². The van der Waals surface area contributed by atoms with Crippen LogP contribution in [0.4, 0.5) is 0 Å². The van der Waals surface area contributed by atoms with Crippen LogP contribution in [0, 0.1) is 23.2 Å². The molecule has 4 fully saturated rings. The van der Waals surface area contributed by atoms with E-state index < -0.39 is 0 Å². The lowest BCUT2D eigenvalue weighted by Crippen LogP contribution is -2.53. The zero-order chi connectivity index (χ0) is 17.9. The quantitative estimate of drug-likeness (QED) is 0.924. The van der Waals surface area contributed by atoms with E-state index in [9.17, 15) is 9.59 Å².